The van der Waals surface area contributed by atoms with Crippen molar-refractivity contribution in [3.8, 4) is 0 Å². The fourth-order valence-corrected chi connectivity index (χ4v) is 4.84. The van der Waals surface area contributed by atoms with Gasteiger partial charge in [-0.2, -0.15) is 0 Å². The van der Waals surface area contributed by atoms with Crippen molar-refractivity contribution in [3.63, 3.8) is 0 Å². The number of halogens is 1. The standard InChI is InChI=1S/C29H28FN3O3/c30-22-9-12-24-25(17-22)32-29(36)27(24)28(21-5-3-4-19(16-21)8-13-26(34)35)31-23-10-6-20(7-11-23)18-33-14-1-2-15-33/h3-7,9-12,16-17,31H,1-2,8,13-15,18H2,(H,32,36)(H,34,35)/b28-27-. The summed E-state index contributed by atoms with van der Waals surface area (Å²) < 4.78 is 13.8. The summed E-state index contributed by atoms with van der Waals surface area (Å²) in [5.74, 6) is -1.61. The molecular formula is C29H28FN3O3. The molecule has 7 heteroatoms. The molecule has 2 aliphatic rings. The second-order valence-electron chi connectivity index (χ2n) is 9.29. The molecule has 2 aliphatic heterocycles. The Hall–Kier alpha value is -3.97. The molecule has 1 fully saturated rings. The number of aryl methyl sites for hydroxylation is 1. The molecule has 3 N–H and O–H groups in total. The SMILES string of the molecule is O=C(O)CCc1cccc(/C(Nc2ccc(CN3CCCC3)cc2)=C2/C(=O)Nc3cc(F)ccc32)c1. The molecule has 6 nitrogen and oxygen atoms in total. The number of carboxylic acid groups (broad SMARTS) is 1. The minimum Gasteiger partial charge on any atom is -0.481 e. The Morgan fingerprint density at radius 1 is 1.00 bits per heavy atom. The normalized spacial score (nSPS) is 16.5. The predicted molar refractivity (Wildman–Crippen MR) is 139 cm³/mol. The van der Waals surface area contributed by atoms with Gasteiger partial charge in [-0.1, -0.05) is 30.3 Å². The van der Waals surface area contributed by atoms with E-state index in [1.807, 2.05) is 36.4 Å². The molecule has 5 rings (SSSR count). The third-order valence-corrected chi connectivity index (χ3v) is 6.65. The average Bonchev–Trinajstić information content (AvgIpc) is 3.49. The van der Waals surface area contributed by atoms with Crippen LogP contribution in [0.5, 0.6) is 0 Å². The summed E-state index contributed by atoms with van der Waals surface area (Å²) in [7, 11) is 0. The van der Waals surface area contributed by atoms with Crippen molar-refractivity contribution < 1.29 is 19.1 Å². The minimum absolute atomic E-state index is 0.0177. The first-order valence-corrected chi connectivity index (χ1v) is 12.2. The van der Waals surface area contributed by atoms with Gasteiger partial charge in [0.1, 0.15) is 5.82 Å². The van der Waals surface area contributed by atoms with Gasteiger partial charge in [0, 0.05) is 24.2 Å². The first kappa shape index (κ1) is 23.8. The van der Waals surface area contributed by atoms with E-state index < -0.39 is 11.8 Å². The summed E-state index contributed by atoms with van der Waals surface area (Å²) in [5.41, 5.74) is 5.70. The van der Waals surface area contributed by atoms with Gasteiger partial charge in [-0.05, 0) is 85.4 Å². The van der Waals surface area contributed by atoms with Gasteiger partial charge in [-0.15, -0.1) is 0 Å². The number of hydrogen-bond donors (Lipinski definition) is 3. The monoisotopic (exact) mass is 485 g/mol. The van der Waals surface area contributed by atoms with Crippen molar-refractivity contribution in [2.75, 3.05) is 23.7 Å². The van der Waals surface area contributed by atoms with E-state index in [1.54, 1.807) is 6.07 Å². The van der Waals surface area contributed by atoms with Gasteiger partial charge in [0.2, 0.25) is 0 Å². The van der Waals surface area contributed by atoms with Crippen LogP contribution in [0.2, 0.25) is 0 Å². The molecule has 3 aromatic rings. The fraction of sp³-hybridized carbons (Fsp3) is 0.241. The third kappa shape index (κ3) is 5.31. The zero-order chi connectivity index (χ0) is 25.1. The lowest BCUT2D eigenvalue weighted by Crippen LogP contribution is -2.18. The van der Waals surface area contributed by atoms with Crippen LogP contribution < -0.4 is 10.6 Å². The van der Waals surface area contributed by atoms with Crippen LogP contribution in [0.25, 0.3) is 11.3 Å². The van der Waals surface area contributed by atoms with Crippen molar-refractivity contribution in [3.05, 3.63) is 94.8 Å². The van der Waals surface area contributed by atoms with Gasteiger partial charge in [-0.3, -0.25) is 14.5 Å². The van der Waals surface area contributed by atoms with Crippen molar-refractivity contribution in [2.24, 2.45) is 0 Å². The lowest BCUT2D eigenvalue weighted by Gasteiger charge is -2.17. The zero-order valence-electron chi connectivity index (χ0n) is 19.9. The molecule has 0 radical (unpaired) electrons. The number of benzene rings is 3. The molecule has 0 unspecified atom stereocenters. The minimum atomic E-state index is -0.864. The molecule has 0 spiro atoms. The number of hydrogen-bond acceptors (Lipinski definition) is 4. The van der Waals surface area contributed by atoms with Crippen LogP contribution in [-0.4, -0.2) is 35.0 Å². The van der Waals surface area contributed by atoms with Crippen molar-refractivity contribution in [1.29, 1.82) is 0 Å². The Morgan fingerprint density at radius 3 is 2.53 bits per heavy atom. The molecule has 1 amide bonds. The Kier molecular flexibility index (Phi) is 6.82. The van der Waals surface area contributed by atoms with Gasteiger partial charge in [-0.25, -0.2) is 4.39 Å². The van der Waals surface area contributed by atoms with E-state index in [0.717, 1.165) is 36.4 Å². The highest BCUT2D eigenvalue weighted by Crippen LogP contribution is 2.38. The number of amides is 1. The Labute approximate surface area is 209 Å². The van der Waals surface area contributed by atoms with Gasteiger partial charge in [0.15, 0.2) is 0 Å². The number of likely N-dealkylation sites (tertiary alicyclic amines) is 1. The van der Waals surface area contributed by atoms with Gasteiger partial charge in [0.25, 0.3) is 5.91 Å². The number of carbonyl (C=O) groups excluding carboxylic acids is 1. The van der Waals surface area contributed by atoms with Crippen LogP contribution in [-0.2, 0) is 22.6 Å². The van der Waals surface area contributed by atoms with E-state index in [0.29, 0.717) is 28.9 Å². The number of carbonyl (C=O) groups is 2. The van der Waals surface area contributed by atoms with E-state index in [9.17, 15) is 14.0 Å². The van der Waals surface area contributed by atoms with Gasteiger partial charge >= 0.3 is 5.97 Å². The van der Waals surface area contributed by atoms with Gasteiger partial charge in [0.05, 0.1) is 17.0 Å². The van der Waals surface area contributed by atoms with Gasteiger partial charge < -0.3 is 15.7 Å². The summed E-state index contributed by atoms with van der Waals surface area (Å²) in [6.07, 6.45) is 2.89. The maximum atomic E-state index is 13.8. The maximum Gasteiger partial charge on any atom is 0.303 e. The Bertz CT molecular complexity index is 1330. The molecule has 0 atom stereocenters. The summed E-state index contributed by atoms with van der Waals surface area (Å²) in [6.45, 7) is 3.17. The number of nitrogens with one attached hydrogen (secondary N) is 2. The maximum absolute atomic E-state index is 13.8. The van der Waals surface area contributed by atoms with E-state index in [2.05, 4.69) is 27.7 Å². The van der Waals surface area contributed by atoms with Crippen LogP contribution in [0.3, 0.4) is 0 Å². The van der Waals surface area contributed by atoms with Crippen LogP contribution in [0.1, 0.15) is 41.5 Å². The second kappa shape index (κ2) is 10.3. The van der Waals surface area contributed by atoms with E-state index >= 15 is 0 Å². The fourth-order valence-electron chi connectivity index (χ4n) is 4.84. The summed E-state index contributed by atoms with van der Waals surface area (Å²) in [4.78, 5) is 26.6. The molecule has 184 valence electrons. The summed E-state index contributed by atoms with van der Waals surface area (Å²) in [5, 5.41) is 15.3. The molecule has 0 saturated carbocycles. The van der Waals surface area contributed by atoms with Crippen LogP contribution >= 0.6 is 0 Å². The number of fused-ring (bicyclic) bond motifs is 1. The molecular weight excluding hydrogens is 457 g/mol. The number of aliphatic carboxylic acids is 1. The molecule has 3 aromatic carbocycles. The number of rotatable bonds is 8. The van der Waals surface area contributed by atoms with Crippen molar-refractivity contribution in [1.82, 2.24) is 4.90 Å². The number of anilines is 2. The van der Waals surface area contributed by atoms with Crippen LogP contribution in [0.15, 0.2) is 66.7 Å². The lowest BCUT2D eigenvalue weighted by molar-refractivity contribution is -0.137. The summed E-state index contributed by atoms with van der Waals surface area (Å²) in [6, 6.07) is 19.9. The smallest absolute Gasteiger partial charge is 0.303 e. The Morgan fingerprint density at radius 2 is 1.78 bits per heavy atom. The Balaban J connectivity index is 1.51. The average molecular weight is 486 g/mol. The quantitative estimate of drug-likeness (QED) is 0.374. The molecule has 2 heterocycles. The number of carboxylic acids is 1. The second-order valence-corrected chi connectivity index (χ2v) is 9.29. The highest BCUT2D eigenvalue weighted by Gasteiger charge is 2.29. The molecule has 0 aliphatic carbocycles. The van der Waals surface area contributed by atoms with Crippen LogP contribution in [0.4, 0.5) is 15.8 Å². The van der Waals surface area contributed by atoms with E-state index in [1.165, 1.54) is 30.5 Å². The first-order chi connectivity index (χ1) is 17.5. The number of nitrogens with zero attached hydrogens (tertiary/aromatic N) is 1. The lowest BCUT2D eigenvalue weighted by atomic mass is 9.97. The summed E-state index contributed by atoms with van der Waals surface area (Å²) >= 11 is 0. The topological polar surface area (TPSA) is 81.7 Å². The van der Waals surface area contributed by atoms with E-state index in [4.69, 9.17) is 5.11 Å². The molecule has 0 bridgehead atoms. The van der Waals surface area contributed by atoms with Crippen molar-refractivity contribution in [2.45, 2.75) is 32.2 Å². The predicted octanol–water partition coefficient (Wildman–Crippen LogP) is 5.37. The third-order valence-electron chi connectivity index (χ3n) is 6.65. The largest absolute Gasteiger partial charge is 0.481 e. The zero-order valence-corrected chi connectivity index (χ0v) is 19.9. The molecule has 1 saturated heterocycles. The highest BCUT2D eigenvalue weighted by molar-refractivity contribution is 6.37. The highest BCUT2D eigenvalue weighted by atomic mass is 19.1. The first-order valence-electron chi connectivity index (χ1n) is 12.2. The van der Waals surface area contributed by atoms with Crippen LogP contribution in [0, 0.1) is 5.82 Å². The molecule has 0 aromatic heterocycles. The molecule has 36 heavy (non-hydrogen) atoms. The van der Waals surface area contributed by atoms with E-state index in [-0.39, 0.29) is 12.3 Å². The van der Waals surface area contributed by atoms with Crippen molar-refractivity contribution >= 4 is 34.5 Å².